The number of piperidine rings is 1. The third-order valence-corrected chi connectivity index (χ3v) is 4.86. The Morgan fingerprint density at radius 3 is 2.07 bits per heavy atom. The Labute approximate surface area is 87.5 Å². The first-order chi connectivity index (χ1) is 6.93. The number of halogens is 2. The number of hydrogen-bond acceptors (Lipinski definition) is 3. The lowest BCUT2D eigenvalue weighted by molar-refractivity contribution is 0.181. The molecule has 2 aliphatic heterocycles. The summed E-state index contributed by atoms with van der Waals surface area (Å²) >= 11 is 0. The Balaban J connectivity index is 2.26. The third kappa shape index (κ3) is 1.76. The van der Waals surface area contributed by atoms with E-state index in [-0.39, 0.29) is 18.1 Å². The Bertz CT molecular complexity index is 333. The molecule has 2 heterocycles. The van der Waals surface area contributed by atoms with Crippen molar-refractivity contribution in [3.05, 3.63) is 0 Å². The van der Waals surface area contributed by atoms with Gasteiger partial charge in [-0.15, -0.1) is 0 Å². The molecule has 2 N–H and O–H groups in total. The summed E-state index contributed by atoms with van der Waals surface area (Å²) in [6.07, 6.45) is 2.32. The van der Waals surface area contributed by atoms with Gasteiger partial charge in [0.05, 0.1) is 0 Å². The van der Waals surface area contributed by atoms with Crippen LogP contribution in [0, 0.1) is 0 Å². The summed E-state index contributed by atoms with van der Waals surface area (Å²) in [6, 6.07) is -0.665. The van der Waals surface area contributed by atoms with Crippen LogP contribution in [0.5, 0.6) is 0 Å². The van der Waals surface area contributed by atoms with E-state index < -0.39 is 15.8 Å². The Hall–Kier alpha value is -0.270. The number of nitrogens with two attached hydrogens (primary N) is 1. The normalized spacial score (nSPS) is 37.5. The van der Waals surface area contributed by atoms with Gasteiger partial charge >= 0.3 is 5.76 Å². The number of hydrogen-bond donors (Lipinski definition) is 1. The molecule has 2 atom stereocenters. The smallest absolute Gasteiger partial charge is 0.328 e. The maximum atomic E-state index is 12.4. The molecule has 0 spiro atoms. The van der Waals surface area contributed by atoms with Gasteiger partial charge in [0, 0.05) is 18.1 Å². The summed E-state index contributed by atoms with van der Waals surface area (Å²) in [5, 5.41) is 0. The zero-order chi connectivity index (χ0) is 11.2. The molecule has 2 unspecified atom stereocenters. The highest BCUT2D eigenvalue weighted by Gasteiger charge is 2.48. The Morgan fingerprint density at radius 2 is 1.67 bits per heavy atom. The SMILES string of the molecule is NC1CC2CCC(C1)N2S(=O)(=O)C(F)F. The van der Waals surface area contributed by atoms with Crippen molar-refractivity contribution in [3.8, 4) is 0 Å². The lowest BCUT2D eigenvalue weighted by atomic mass is 10.0. The van der Waals surface area contributed by atoms with Gasteiger partial charge in [0.2, 0.25) is 0 Å². The molecule has 0 amide bonds. The van der Waals surface area contributed by atoms with Crippen LogP contribution in [0.4, 0.5) is 8.78 Å². The average Bonchev–Trinajstić information content (AvgIpc) is 2.39. The molecule has 0 aromatic rings. The van der Waals surface area contributed by atoms with E-state index in [0.717, 1.165) is 4.31 Å². The minimum absolute atomic E-state index is 0.0494. The Morgan fingerprint density at radius 1 is 1.20 bits per heavy atom. The van der Waals surface area contributed by atoms with E-state index in [1.807, 2.05) is 0 Å². The standard InChI is InChI=1S/C8H14F2N2O2S/c9-8(10)15(13,14)12-6-1-2-7(12)4-5(11)3-6/h5-8H,1-4,11H2. The van der Waals surface area contributed by atoms with Crippen molar-refractivity contribution in [2.24, 2.45) is 5.73 Å². The predicted octanol–water partition coefficient (Wildman–Crippen LogP) is 0.493. The fraction of sp³-hybridized carbons (Fsp3) is 1.00. The number of nitrogens with zero attached hydrogens (tertiary/aromatic N) is 1. The molecule has 0 saturated carbocycles. The first-order valence-corrected chi connectivity index (χ1v) is 6.49. The second-order valence-electron chi connectivity index (χ2n) is 4.25. The van der Waals surface area contributed by atoms with E-state index in [1.165, 1.54) is 0 Å². The van der Waals surface area contributed by atoms with Crippen molar-refractivity contribution in [1.29, 1.82) is 0 Å². The zero-order valence-electron chi connectivity index (χ0n) is 8.14. The van der Waals surface area contributed by atoms with Crippen LogP contribution < -0.4 is 5.73 Å². The van der Waals surface area contributed by atoms with Gasteiger partial charge in [0.15, 0.2) is 0 Å². The van der Waals surface area contributed by atoms with Crippen LogP contribution in [0.2, 0.25) is 0 Å². The van der Waals surface area contributed by atoms with Crippen molar-refractivity contribution < 1.29 is 17.2 Å². The molecular weight excluding hydrogens is 226 g/mol. The molecule has 0 radical (unpaired) electrons. The Kier molecular flexibility index (Phi) is 2.72. The molecule has 0 aromatic carbocycles. The number of rotatable bonds is 2. The van der Waals surface area contributed by atoms with Crippen molar-refractivity contribution >= 4 is 10.0 Å². The van der Waals surface area contributed by atoms with E-state index in [0.29, 0.717) is 25.7 Å². The molecule has 2 saturated heterocycles. The minimum atomic E-state index is -4.41. The molecule has 0 aliphatic carbocycles. The van der Waals surface area contributed by atoms with E-state index in [2.05, 4.69) is 0 Å². The second kappa shape index (κ2) is 3.64. The van der Waals surface area contributed by atoms with Gasteiger partial charge in [0.1, 0.15) is 0 Å². The van der Waals surface area contributed by atoms with Crippen LogP contribution in [-0.4, -0.2) is 36.6 Å². The molecule has 0 aromatic heterocycles. The molecule has 2 bridgehead atoms. The van der Waals surface area contributed by atoms with Crippen molar-refractivity contribution in [2.75, 3.05) is 0 Å². The lowest BCUT2D eigenvalue weighted by Gasteiger charge is -2.36. The second-order valence-corrected chi connectivity index (χ2v) is 6.06. The van der Waals surface area contributed by atoms with Crippen LogP contribution in [0.15, 0.2) is 0 Å². The zero-order valence-corrected chi connectivity index (χ0v) is 8.96. The lowest BCUT2D eigenvalue weighted by Crippen LogP contribution is -2.51. The fourth-order valence-electron chi connectivity index (χ4n) is 2.68. The molecule has 88 valence electrons. The van der Waals surface area contributed by atoms with Gasteiger partial charge in [-0.2, -0.15) is 13.1 Å². The minimum Gasteiger partial charge on any atom is -0.328 e. The fourth-order valence-corrected chi connectivity index (χ4v) is 4.08. The largest absolute Gasteiger partial charge is 0.350 e. The van der Waals surface area contributed by atoms with Crippen LogP contribution in [0.25, 0.3) is 0 Å². The molecule has 2 rings (SSSR count). The van der Waals surface area contributed by atoms with Crippen molar-refractivity contribution in [1.82, 2.24) is 4.31 Å². The van der Waals surface area contributed by atoms with Gasteiger partial charge in [0.25, 0.3) is 10.0 Å². The van der Waals surface area contributed by atoms with Gasteiger partial charge < -0.3 is 5.73 Å². The molecular formula is C8H14F2N2O2S. The van der Waals surface area contributed by atoms with Crippen molar-refractivity contribution in [2.45, 2.75) is 49.6 Å². The first kappa shape index (κ1) is 11.2. The summed E-state index contributed by atoms with van der Waals surface area (Å²) in [7, 11) is -4.41. The first-order valence-electron chi connectivity index (χ1n) is 4.99. The highest BCUT2D eigenvalue weighted by Crippen LogP contribution is 2.38. The summed E-state index contributed by atoms with van der Waals surface area (Å²) in [5.74, 6) is -3.31. The van der Waals surface area contributed by atoms with Crippen LogP contribution in [-0.2, 0) is 10.0 Å². The number of fused-ring (bicyclic) bond motifs is 2. The van der Waals surface area contributed by atoms with E-state index in [9.17, 15) is 17.2 Å². The number of sulfonamides is 1. The molecule has 2 aliphatic rings. The predicted molar refractivity (Wildman–Crippen MR) is 50.8 cm³/mol. The average molecular weight is 240 g/mol. The van der Waals surface area contributed by atoms with E-state index in [4.69, 9.17) is 5.73 Å². The maximum absolute atomic E-state index is 12.4. The van der Waals surface area contributed by atoms with Crippen LogP contribution >= 0.6 is 0 Å². The molecule has 4 nitrogen and oxygen atoms in total. The summed E-state index contributed by atoms with van der Waals surface area (Å²) < 4.78 is 48.6. The molecule has 2 fully saturated rings. The molecule has 15 heavy (non-hydrogen) atoms. The maximum Gasteiger partial charge on any atom is 0.350 e. The topological polar surface area (TPSA) is 63.4 Å². The summed E-state index contributed by atoms with van der Waals surface area (Å²) in [6.45, 7) is 0. The van der Waals surface area contributed by atoms with Crippen molar-refractivity contribution in [3.63, 3.8) is 0 Å². The monoisotopic (exact) mass is 240 g/mol. The quantitative estimate of drug-likeness (QED) is 0.764. The summed E-state index contributed by atoms with van der Waals surface area (Å²) in [5.41, 5.74) is 5.73. The highest BCUT2D eigenvalue weighted by atomic mass is 32.2. The van der Waals surface area contributed by atoms with Gasteiger partial charge in [-0.1, -0.05) is 0 Å². The van der Waals surface area contributed by atoms with E-state index >= 15 is 0 Å². The van der Waals surface area contributed by atoms with Crippen LogP contribution in [0.1, 0.15) is 25.7 Å². The van der Waals surface area contributed by atoms with Gasteiger partial charge in [-0.05, 0) is 25.7 Å². The third-order valence-electron chi connectivity index (χ3n) is 3.22. The van der Waals surface area contributed by atoms with E-state index in [1.54, 1.807) is 0 Å². The van der Waals surface area contributed by atoms with Gasteiger partial charge in [-0.3, -0.25) is 0 Å². The highest BCUT2D eigenvalue weighted by molar-refractivity contribution is 7.89. The summed E-state index contributed by atoms with van der Waals surface area (Å²) in [4.78, 5) is 0. The number of alkyl halides is 2. The van der Waals surface area contributed by atoms with Crippen LogP contribution in [0.3, 0.4) is 0 Å². The van der Waals surface area contributed by atoms with Gasteiger partial charge in [-0.25, -0.2) is 8.42 Å². The molecule has 7 heteroatoms.